The van der Waals surface area contributed by atoms with Gasteiger partial charge in [0, 0.05) is 24.4 Å². The zero-order valence-corrected chi connectivity index (χ0v) is 13.5. The first-order chi connectivity index (χ1) is 11.6. The van der Waals surface area contributed by atoms with Crippen LogP contribution >= 0.6 is 11.3 Å². The van der Waals surface area contributed by atoms with Gasteiger partial charge in [0.1, 0.15) is 5.75 Å². The summed E-state index contributed by atoms with van der Waals surface area (Å²) in [5.41, 5.74) is 1.34. The van der Waals surface area contributed by atoms with Crippen LogP contribution in [0.3, 0.4) is 0 Å². The molecule has 2 heterocycles. The number of hydrazone groups is 1. The van der Waals surface area contributed by atoms with Gasteiger partial charge in [0.15, 0.2) is 0 Å². The summed E-state index contributed by atoms with van der Waals surface area (Å²) in [6.45, 7) is 0. The number of benzene rings is 1. The molecule has 1 aliphatic heterocycles. The lowest BCUT2D eigenvalue weighted by molar-refractivity contribution is -0.305. The van der Waals surface area contributed by atoms with Crippen LogP contribution in [0, 0.1) is 0 Å². The first kappa shape index (κ1) is 16.2. The lowest BCUT2D eigenvalue weighted by Gasteiger charge is -2.22. The third-order valence-corrected chi connectivity index (χ3v) is 4.73. The van der Waals surface area contributed by atoms with E-state index in [9.17, 15) is 19.8 Å². The Morgan fingerprint density at radius 2 is 2.04 bits per heavy atom. The molecule has 1 aliphatic rings. The van der Waals surface area contributed by atoms with Gasteiger partial charge in [0.25, 0.3) is 0 Å². The quantitative estimate of drug-likeness (QED) is 0.893. The van der Waals surface area contributed by atoms with E-state index in [1.54, 1.807) is 24.3 Å². The normalized spacial score (nSPS) is 16.9. The molecule has 0 saturated carbocycles. The highest BCUT2D eigenvalue weighted by Gasteiger charge is 2.34. The van der Waals surface area contributed by atoms with Crippen molar-refractivity contribution in [3.63, 3.8) is 0 Å². The number of hydrogen-bond acceptors (Lipinski definition) is 6. The molecule has 6 nitrogen and oxygen atoms in total. The van der Waals surface area contributed by atoms with E-state index in [0.717, 1.165) is 10.6 Å². The number of carboxylic acid groups (broad SMARTS) is 1. The predicted octanol–water partition coefficient (Wildman–Crippen LogP) is 1.66. The molecule has 7 heteroatoms. The number of carbonyl (C=O) groups excluding carboxylic acids is 2. The van der Waals surface area contributed by atoms with Gasteiger partial charge in [-0.2, -0.15) is 5.10 Å². The van der Waals surface area contributed by atoms with E-state index in [2.05, 4.69) is 5.10 Å². The van der Waals surface area contributed by atoms with Crippen molar-refractivity contribution in [3.8, 4) is 5.75 Å². The molecule has 0 radical (unpaired) electrons. The molecular weight excluding hydrogens is 328 g/mol. The van der Waals surface area contributed by atoms with Gasteiger partial charge in [0.2, 0.25) is 5.91 Å². The molecule has 1 atom stereocenters. The van der Waals surface area contributed by atoms with Gasteiger partial charge in [-0.25, -0.2) is 5.01 Å². The average molecular weight is 343 g/mol. The van der Waals surface area contributed by atoms with E-state index in [-0.39, 0.29) is 18.6 Å². The van der Waals surface area contributed by atoms with Crippen LogP contribution in [0.15, 0.2) is 46.9 Å². The molecule has 0 aliphatic carbocycles. The topological polar surface area (TPSA) is 93.0 Å². The number of aliphatic carboxylic acids is 1. The Morgan fingerprint density at radius 3 is 2.71 bits per heavy atom. The molecule has 24 heavy (non-hydrogen) atoms. The number of phenols is 1. The first-order valence-corrected chi connectivity index (χ1v) is 8.35. The van der Waals surface area contributed by atoms with E-state index >= 15 is 0 Å². The van der Waals surface area contributed by atoms with Crippen LogP contribution in [-0.2, 0) is 9.59 Å². The van der Waals surface area contributed by atoms with Crippen molar-refractivity contribution in [2.24, 2.45) is 5.10 Å². The Balaban J connectivity index is 1.91. The zero-order valence-electron chi connectivity index (χ0n) is 12.7. The van der Waals surface area contributed by atoms with E-state index < -0.39 is 17.9 Å². The van der Waals surface area contributed by atoms with Gasteiger partial charge in [0.05, 0.1) is 16.6 Å². The van der Waals surface area contributed by atoms with Gasteiger partial charge in [-0.05, 0) is 23.9 Å². The molecule has 1 aromatic heterocycles. The summed E-state index contributed by atoms with van der Waals surface area (Å²) < 4.78 is 0. The molecule has 1 aromatic carbocycles. The molecule has 0 spiro atoms. The minimum absolute atomic E-state index is 0.0860. The second kappa shape index (κ2) is 6.84. The van der Waals surface area contributed by atoms with Crippen LogP contribution in [0.5, 0.6) is 5.75 Å². The number of rotatable bonds is 5. The standard InChI is InChI=1S/C17H16N2O4S/c20-14-5-2-1-4-11(14)13-10-12(15-6-3-9-24-15)18-19(13)16(21)7-8-17(22)23/h1-6,9,13,20H,7-8,10H2,(H,22,23)/p-1/t13-/m0/s1. The summed E-state index contributed by atoms with van der Waals surface area (Å²) in [5, 5.41) is 28.3. The number of carboxylic acids is 1. The van der Waals surface area contributed by atoms with E-state index in [0.29, 0.717) is 12.0 Å². The van der Waals surface area contributed by atoms with Gasteiger partial charge in [-0.3, -0.25) is 4.79 Å². The molecule has 0 unspecified atom stereocenters. The van der Waals surface area contributed by atoms with Crippen molar-refractivity contribution >= 4 is 28.9 Å². The zero-order chi connectivity index (χ0) is 17.1. The molecule has 1 N–H and O–H groups in total. The van der Waals surface area contributed by atoms with Gasteiger partial charge in [-0.15, -0.1) is 11.3 Å². The number of amides is 1. The molecule has 1 amide bonds. The third kappa shape index (κ3) is 3.30. The van der Waals surface area contributed by atoms with Crippen LogP contribution < -0.4 is 5.11 Å². The number of thiophene rings is 1. The monoisotopic (exact) mass is 343 g/mol. The van der Waals surface area contributed by atoms with Crippen molar-refractivity contribution in [2.75, 3.05) is 0 Å². The van der Waals surface area contributed by atoms with E-state index in [1.165, 1.54) is 16.3 Å². The molecule has 3 rings (SSSR count). The largest absolute Gasteiger partial charge is 0.550 e. The van der Waals surface area contributed by atoms with Crippen LogP contribution in [0.1, 0.15) is 35.7 Å². The number of aromatic hydroxyl groups is 1. The van der Waals surface area contributed by atoms with E-state index in [1.807, 2.05) is 17.5 Å². The van der Waals surface area contributed by atoms with Crippen LogP contribution in [0.25, 0.3) is 0 Å². The highest BCUT2D eigenvalue weighted by molar-refractivity contribution is 7.12. The number of nitrogens with zero attached hydrogens (tertiary/aromatic N) is 2. The summed E-state index contributed by atoms with van der Waals surface area (Å²) in [4.78, 5) is 24.0. The average Bonchev–Trinajstić information content (AvgIpc) is 3.22. The predicted molar refractivity (Wildman–Crippen MR) is 87.4 cm³/mol. The molecule has 124 valence electrons. The second-order valence-electron chi connectivity index (χ2n) is 5.41. The SMILES string of the molecule is O=C([O-])CCC(=O)N1N=C(c2cccs2)C[C@H]1c1ccccc1O. The molecule has 0 bridgehead atoms. The molecule has 0 saturated heterocycles. The highest BCUT2D eigenvalue weighted by atomic mass is 32.1. The summed E-state index contributed by atoms with van der Waals surface area (Å²) >= 11 is 1.52. The number of phenolic OH excluding ortho intramolecular Hbond substituents is 1. The molecular formula is C17H15N2O4S-. The van der Waals surface area contributed by atoms with Crippen molar-refractivity contribution in [3.05, 3.63) is 52.2 Å². The molecule has 2 aromatic rings. The van der Waals surface area contributed by atoms with Crippen LogP contribution in [0.4, 0.5) is 0 Å². The lowest BCUT2D eigenvalue weighted by atomic mass is 10.00. The summed E-state index contributed by atoms with van der Waals surface area (Å²) in [5.74, 6) is -1.59. The van der Waals surface area contributed by atoms with Crippen LogP contribution in [0.2, 0.25) is 0 Å². The summed E-state index contributed by atoms with van der Waals surface area (Å²) in [6, 6.07) is 10.2. The maximum atomic E-state index is 12.4. The van der Waals surface area contributed by atoms with Crippen molar-refractivity contribution in [2.45, 2.75) is 25.3 Å². The second-order valence-corrected chi connectivity index (χ2v) is 6.36. The Hall–Kier alpha value is -2.67. The maximum absolute atomic E-state index is 12.4. The number of hydrogen-bond donors (Lipinski definition) is 1. The lowest BCUT2D eigenvalue weighted by Crippen LogP contribution is -2.29. The van der Waals surface area contributed by atoms with Gasteiger partial charge < -0.3 is 15.0 Å². The van der Waals surface area contributed by atoms with Gasteiger partial charge >= 0.3 is 0 Å². The summed E-state index contributed by atoms with van der Waals surface area (Å²) in [7, 11) is 0. The Kier molecular flexibility index (Phi) is 4.61. The fourth-order valence-electron chi connectivity index (χ4n) is 2.67. The maximum Gasteiger partial charge on any atom is 0.243 e. The van der Waals surface area contributed by atoms with Crippen molar-refractivity contribution < 1.29 is 19.8 Å². The summed E-state index contributed by atoms with van der Waals surface area (Å²) in [6.07, 6.45) is -0.0739. The van der Waals surface area contributed by atoms with E-state index in [4.69, 9.17) is 0 Å². The van der Waals surface area contributed by atoms with Crippen molar-refractivity contribution in [1.29, 1.82) is 0 Å². The number of carbonyl (C=O) groups is 2. The highest BCUT2D eigenvalue weighted by Crippen LogP contribution is 2.37. The van der Waals surface area contributed by atoms with Gasteiger partial charge in [-0.1, -0.05) is 24.3 Å². The Bertz CT molecular complexity index is 786. The van der Waals surface area contributed by atoms with Crippen LogP contribution in [-0.4, -0.2) is 27.7 Å². The first-order valence-electron chi connectivity index (χ1n) is 7.47. The Labute approximate surface area is 142 Å². The van der Waals surface area contributed by atoms with Crippen molar-refractivity contribution in [1.82, 2.24) is 5.01 Å². The number of para-hydroxylation sites is 1. The Morgan fingerprint density at radius 1 is 1.25 bits per heavy atom. The third-order valence-electron chi connectivity index (χ3n) is 3.81. The minimum atomic E-state index is -1.27. The minimum Gasteiger partial charge on any atom is -0.550 e. The smallest absolute Gasteiger partial charge is 0.243 e. The fraction of sp³-hybridized carbons (Fsp3) is 0.235. The fourth-order valence-corrected chi connectivity index (χ4v) is 3.39. The molecule has 0 fully saturated rings.